The molecule has 132 valence electrons. The molecule has 4 heteroatoms. The Morgan fingerprint density at radius 2 is 1.54 bits per heavy atom. The van der Waals surface area contributed by atoms with Gasteiger partial charge >= 0.3 is 0 Å². The van der Waals surface area contributed by atoms with E-state index in [0.29, 0.717) is 38.3 Å². The second-order valence-corrected chi connectivity index (χ2v) is 6.36. The summed E-state index contributed by atoms with van der Waals surface area (Å²) < 4.78 is 0. The van der Waals surface area contributed by atoms with Crippen LogP contribution in [0, 0.1) is 5.92 Å². The molecule has 0 radical (unpaired) electrons. The lowest BCUT2D eigenvalue weighted by atomic mass is 10.1. The standard InChI is InChI=1S/C20H30N2O2/c1-17(2)9-8-12-19(23)21-15-16-22-20(24)14-13-18-10-6-4-3-5-7-11-18/h3-7,10-11,17H,8-9,12-16H2,1-2H3,(H,21,23)(H,22,24)/b4-3-,5-3?,6-4?,7-5-,10-6?,11-7?,18-10?,18-11?. The van der Waals surface area contributed by atoms with Gasteiger partial charge in [-0.15, -0.1) is 0 Å². The van der Waals surface area contributed by atoms with Gasteiger partial charge in [-0.25, -0.2) is 0 Å². The predicted molar refractivity (Wildman–Crippen MR) is 99.4 cm³/mol. The van der Waals surface area contributed by atoms with E-state index in [-0.39, 0.29) is 11.8 Å². The number of carbonyl (C=O) groups is 2. The summed E-state index contributed by atoms with van der Waals surface area (Å²) in [6.45, 7) is 5.28. The van der Waals surface area contributed by atoms with Gasteiger partial charge in [0, 0.05) is 25.9 Å². The number of carbonyl (C=O) groups excluding carboxylic acids is 2. The van der Waals surface area contributed by atoms with Crippen molar-refractivity contribution in [2.75, 3.05) is 13.1 Å². The van der Waals surface area contributed by atoms with Crippen molar-refractivity contribution in [3.63, 3.8) is 0 Å². The number of amides is 2. The van der Waals surface area contributed by atoms with Gasteiger partial charge in [-0.3, -0.25) is 9.59 Å². The number of hydrogen-bond acceptors (Lipinski definition) is 2. The van der Waals surface area contributed by atoms with Crippen molar-refractivity contribution in [2.45, 2.75) is 46.0 Å². The summed E-state index contributed by atoms with van der Waals surface area (Å²) in [6.07, 6.45) is 17.6. The molecule has 0 spiro atoms. The molecular weight excluding hydrogens is 300 g/mol. The molecule has 24 heavy (non-hydrogen) atoms. The van der Waals surface area contributed by atoms with Crippen LogP contribution in [-0.4, -0.2) is 24.9 Å². The first kappa shape index (κ1) is 19.9. The molecule has 0 aromatic heterocycles. The molecule has 1 aliphatic rings. The fraction of sp³-hybridized carbons (Fsp3) is 0.500. The SMILES string of the molecule is CC(C)CCCC(=O)NCCNC(=O)CCC1=C/C=C\C=C/C=C1. The number of hydrogen-bond donors (Lipinski definition) is 2. The fourth-order valence-electron chi connectivity index (χ4n) is 2.28. The zero-order valence-electron chi connectivity index (χ0n) is 14.9. The summed E-state index contributed by atoms with van der Waals surface area (Å²) in [7, 11) is 0. The minimum atomic E-state index is 0.0138. The molecule has 2 amide bonds. The summed E-state index contributed by atoms with van der Waals surface area (Å²) in [4.78, 5) is 23.4. The van der Waals surface area contributed by atoms with Crippen LogP contribution in [0.4, 0.5) is 0 Å². The van der Waals surface area contributed by atoms with Crippen LogP contribution >= 0.6 is 0 Å². The molecule has 0 aromatic rings. The average molecular weight is 330 g/mol. The molecule has 0 aromatic carbocycles. The highest BCUT2D eigenvalue weighted by Gasteiger charge is 2.04. The molecule has 0 atom stereocenters. The molecule has 0 saturated heterocycles. The third-order valence-corrected chi connectivity index (χ3v) is 3.66. The molecule has 1 rings (SSSR count). The van der Waals surface area contributed by atoms with E-state index in [9.17, 15) is 9.59 Å². The Morgan fingerprint density at radius 3 is 2.25 bits per heavy atom. The van der Waals surface area contributed by atoms with Crippen LogP contribution in [0.3, 0.4) is 0 Å². The molecule has 2 N–H and O–H groups in total. The minimum absolute atomic E-state index is 0.0138. The quantitative estimate of drug-likeness (QED) is 0.603. The van der Waals surface area contributed by atoms with Crippen molar-refractivity contribution in [2.24, 2.45) is 5.92 Å². The highest BCUT2D eigenvalue weighted by Crippen LogP contribution is 2.09. The molecule has 1 aliphatic carbocycles. The van der Waals surface area contributed by atoms with Gasteiger partial charge in [-0.2, -0.15) is 0 Å². The lowest BCUT2D eigenvalue weighted by Crippen LogP contribution is -2.34. The van der Waals surface area contributed by atoms with Crippen LogP contribution in [0.15, 0.2) is 48.1 Å². The zero-order valence-corrected chi connectivity index (χ0v) is 14.9. The molecule has 0 bridgehead atoms. The highest BCUT2D eigenvalue weighted by atomic mass is 16.2. The summed E-state index contributed by atoms with van der Waals surface area (Å²) in [5.74, 6) is 0.709. The largest absolute Gasteiger partial charge is 0.354 e. The maximum atomic E-state index is 11.8. The molecule has 0 aliphatic heterocycles. The molecular formula is C20H30N2O2. The van der Waals surface area contributed by atoms with Crippen LogP contribution in [0.25, 0.3) is 0 Å². The van der Waals surface area contributed by atoms with Crippen molar-refractivity contribution in [1.82, 2.24) is 10.6 Å². The van der Waals surface area contributed by atoms with Gasteiger partial charge in [0.05, 0.1) is 0 Å². The molecule has 0 heterocycles. The number of rotatable bonds is 10. The Bertz CT molecular complexity index is 514. The van der Waals surface area contributed by atoms with Crippen LogP contribution in [-0.2, 0) is 9.59 Å². The van der Waals surface area contributed by atoms with Crippen LogP contribution < -0.4 is 10.6 Å². The summed E-state index contributed by atoms with van der Waals surface area (Å²) in [5, 5.41) is 5.68. The maximum Gasteiger partial charge on any atom is 0.220 e. The third kappa shape index (κ3) is 10.6. The summed E-state index contributed by atoms with van der Waals surface area (Å²) in [5.41, 5.74) is 1.13. The van der Waals surface area contributed by atoms with Gasteiger partial charge in [-0.05, 0) is 24.3 Å². The normalized spacial score (nSPS) is 16.0. The number of allylic oxidation sites excluding steroid dienone is 8. The highest BCUT2D eigenvalue weighted by molar-refractivity contribution is 5.77. The van der Waals surface area contributed by atoms with E-state index in [1.54, 1.807) is 0 Å². The van der Waals surface area contributed by atoms with Gasteiger partial charge in [0.2, 0.25) is 11.8 Å². The first-order chi connectivity index (χ1) is 11.6. The smallest absolute Gasteiger partial charge is 0.220 e. The first-order valence-electron chi connectivity index (χ1n) is 8.82. The van der Waals surface area contributed by atoms with Crippen molar-refractivity contribution < 1.29 is 9.59 Å². The van der Waals surface area contributed by atoms with E-state index >= 15 is 0 Å². The van der Waals surface area contributed by atoms with E-state index in [0.717, 1.165) is 18.4 Å². The predicted octanol–water partition coefficient (Wildman–Crippen LogP) is 3.43. The van der Waals surface area contributed by atoms with Crippen LogP contribution in [0.5, 0.6) is 0 Å². The van der Waals surface area contributed by atoms with Gasteiger partial charge < -0.3 is 10.6 Å². The monoisotopic (exact) mass is 330 g/mol. The summed E-state index contributed by atoms with van der Waals surface area (Å²) >= 11 is 0. The van der Waals surface area contributed by atoms with Gasteiger partial charge in [0.25, 0.3) is 0 Å². The zero-order chi connectivity index (χ0) is 17.6. The topological polar surface area (TPSA) is 58.2 Å². The molecule has 0 unspecified atom stereocenters. The van der Waals surface area contributed by atoms with Crippen LogP contribution in [0.2, 0.25) is 0 Å². The Morgan fingerprint density at radius 1 is 0.917 bits per heavy atom. The third-order valence-electron chi connectivity index (χ3n) is 3.66. The lowest BCUT2D eigenvalue weighted by Gasteiger charge is -2.08. The molecule has 0 fully saturated rings. The fourth-order valence-corrected chi connectivity index (χ4v) is 2.28. The Hall–Kier alpha value is -2.10. The van der Waals surface area contributed by atoms with Gasteiger partial charge in [0.1, 0.15) is 0 Å². The second-order valence-electron chi connectivity index (χ2n) is 6.36. The second kappa shape index (κ2) is 12.3. The van der Waals surface area contributed by atoms with E-state index in [2.05, 4.69) is 24.5 Å². The van der Waals surface area contributed by atoms with E-state index < -0.39 is 0 Å². The van der Waals surface area contributed by atoms with Crippen molar-refractivity contribution >= 4 is 11.8 Å². The van der Waals surface area contributed by atoms with Crippen molar-refractivity contribution in [3.8, 4) is 0 Å². The minimum Gasteiger partial charge on any atom is -0.354 e. The van der Waals surface area contributed by atoms with Crippen LogP contribution in [0.1, 0.15) is 46.0 Å². The molecule has 0 saturated carbocycles. The molecule has 4 nitrogen and oxygen atoms in total. The number of nitrogens with one attached hydrogen (secondary N) is 2. The Labute approximate surface area is 145 Å². The average Bonchev–Trinajstić information content (AvgIpc) is 2.50. The van der Waals surface area contributed by atoms with E-state index in [4.69, 9.17) is 0 Å². The Kier molecular flexibility index (Phi) is 10.3. The van der Waals surface area contributed by atoms with Gasteiger partial charge in [0.15, 0.2) is 0 Å². The van der Waals surface area contributed by atoms with Crippen molar-refractivity contribution in [3.05, 3.63) is 48.1 Å². The Balaban J connectivity index is 2.08. The first-order valence-corrected chi connectivity index (χ1v) is 8.82. The van der Waals surface area contributed by atoms with Gasteiger partial charge in [-0.1, -0.05) is 62.8 Å². The summed E-state index contributed by atoms with van der Waals surface area (Å²) in [6, 6.07) is 0. The van der Waals surface area contributed by atoms with Crippen molar-refractivity contribution in [1.29, 1.82) is 0 Å². The van der Waals surface area contributed by atoms with E-state index in [1.165, 1.54) is 0 Å². The van der Waals surface area contributed by atoms with E-state index in [1.807, 2.05) is 42.5 Å². The maximum absolute atomic E-state index is 11.8. The lowest BCUT2D eigenvalue weighted by molar-refractivity contribution is -0.123.